The van der Waals surface area contributed by atoms with E-state index in [2.05, 4.69) is 52.5 Å². The fourth-order valence-electron chi connectivity index (χ4n) is 6.60. The second-order valence-electron chi connectivity index (χ2n) is 15.4. The van der Waals surface area contributed by atoms with Gasteiger partial charge in [-0.2, -0.15) is 0 Å². The number of aliphatic carboxylic acids is 2. The van der Waals surface area contributed by atoms with Crippen LogP contribution in [0.3, 0.4) is 0 Å². The predicted octanol–water partition coefficient (Wildman–Crippen LogP) is -5.83. The largest absolute Gasteiger partial charge is 0.481 e. The van der Waals surface area contributed by atoms with Gasteiger partial charge in [0.1, 0.15) is 36.3 Å². The predicted molar refractivity (Wildman–Crippen MR) is 229 cm³/mol. The first-order valence-electron chi connectivity index (χ1n) is 21.0. The van der Waals surface area contributed by atoms with Crippen LogP contribution >= 0.6 is 0 Å². The van der Waals surface area contributed by atoms with E-state index in [1.807, 2.05) is 0 Å². The number of hydrogen-bond donors (Lipinski definition) is 15. The zero-order valence-electron chi connectivity index (χ0n) is 36.4. The van der Waals surface area contributed by atoms with E-state index in [-0.39, 0.29) is 64.2 Å². The molecule has 2 rings (SSSR count). The molecule has 0 aliphatic carbocycles. The van der Waals surface area contributed by atoms with Gasteiger partial charge in [-0.05, 0) is 57.4 Å². The van der Waals surface area contributed by atoms with E-state index in [9.17, 15) is 58.2 Å². The number of amides is 8. The Labute approximate surface area is 374 Å². The number of imidazole rings is 1. The molecule has 0 unspecified atom stereocenters. The highest BCUT2D eigenvalue weighted by atomic mass is 16.4. The SMILES string of the molecule is CC(C)[C@H](NC(=O)[C@H](CC(=O)O)NC(=O)CNC(=O)[C@@H]1CCCN1C(=O)[C@H](Cc1c[nH]cn1)NC(=O)CNC(=O)CN)C(=O)N[C@@H](CCCCN)C(=O)N[C@@H](CCCNC(=N)N)C(=O)O. The van der Waals surface area contributed by atoms with Crippen LogP contribution in [0.25, 0.3) is 0 Å². The Morgan fingerprint density at radius 1 is 0.800 bits per heavy atom. The summed E-state index contributed by atoms with van der Waals surface area (Å²) in [4.78, 5) is 137. The van der Waals surface area contributed by atoms with E-state index >= 15 is 0 Å². The number of likely N-dealkylation sites (tertiary alicyclic amines) is 1. The summed E-state index contributed by atoms with van der Waals surface area (Å²) in [7, 11) is 0. The first kappa shape index (κ1) is 54.2. The van der Waals surface area contributed by atoms with Crippen molar-refractivity contribution in [2.45, 2.75) is 108 Å². The minimum absolute atomic E-state index is 0.0383. The van der Waals surface area contributed by atoms with Gasteiger partial charge < -0.3 is 79.8 Å². The number of rotatable bonds is 29. The number of carboxylic acids is 2. The van der Waals surface area contributed by atoms with Gasteiger partial charge in [-0.1, -0.05) is 13.8 Å². The number of nitrogens with one attached hydrogen (secondary N) is 10. The number of carboxylic acid groups (broad SMARTS) is 2. The molecule has 1 aromatic heterocycles. The van der Waals surface area contributed by atoms with Crippen molar-refractivity contribution in [2.24, 2.45) is 23.1 Å². The number of aromatic amines is 1. The van der Waals surface area contributed by atoms with Crippen molar-refractivity contribution in [2.75, 3.05) is 39.3 Å². The second kappa shape index (κ2) is 28.0. The fourth-order valence-corrected chi connectivity index (χ4v) is 6.60. The Morgan fingerprint density at radius 2 is 1.43 bits per heavy atom. The number of carbonyl (C=O) groups excluding carboxylic acids is 8. The number of unbranched alkanes of at least 4 members (excludes halogenated alkanes) is 1. The molecular weight excluding hydrogens is 859 g/mol. The minimum Gasteiger partial charge on any atom is -0.481 e. The topological polar surface area (TPSA) is 441 Å². The van der Waals surface area contributed by atoms with Crippen molar-refractivity contribution in [3.8, 4) is 0 Å². The molecule has 0 aromatic carbocycles. The zero-order chi connectivity index (χ0) is 48.6. The van der Waals surface area contributed by atoms with Gasteiger partial charge >= 0.3 is 11.9 Å². The molecule has 0 radical (unpaired) electrons. The maximum absolute atomic E-state index is 13.8. The highest BCUT2D eigenvalue weighted by molar-refractivity contribution is 5.98. The van der Waals surface area contributed by atoms with Gasteiger partial charge in [0.05, 0.1) is 38.1 Å². The Morgan fingerprint density at radius 3 is 2.02 bits per heavy atom. The normalized spacial score (nSPS) is 15.5. The van der Waals surface area contributed by atoms with Crippen LogP contribution in [0.15, 0.2) is 12.5 Å². The number of carbonyl (C=O) groups is 10. The average Bonchev–Trinajstić information content (AvgIpc) is 3.96. The molecule has 2 heterocycles. The zero-order valence-corrected chi connectivity index (χ0v) is 36.4. The molecule has 6 atom stereocenters. The summed E-state index contributed by atoms with van der Waals surface area (Å²) in [5.41, 5.74) is 16.5. The number of H-pyrrole nitrogens is 1. The summed E-state index contributed by atoms with van der Waals surface area (Å²) < 4.78 is 0. The highest BCUT2D eigenvalue weighted by Crippen LogP contribution is 2.20. The van der Waals surface area contributed by atoms with Crippen molar-refractivity contribution < 1.29 is 58.2 Å². The van der Waals surface area contributed by atoms with Crippen molar-refractivity contribution in [3.63, 3.8) is 0 Å². The maximum Gasteiger partial charge on any atom is 0.326 e. The molecule has 65 heavy (non-hydrogen) atoms. The van der Waals surface area contributed by atoms with Crippen molar-refractivity contribution in [1.29, 1.82) is 5.41 Å². The molecule has 0 saturated carbocycles. The van der Waals surface area contributed by atoms with Crippen LogP contribution in [-0.4, -0.2) is 166 Å². The second-order valence-corrected chi connectivity index (χ2v) is 15.4. The van der Waals surface area contributed by atoms with E-state index in [1.165, 1.54) is 17.4 Å². The molecule has 8 amide bonds. The van der Waals surface area contributed by atoms with E-state index in [0.717, 1.165) is 0 Å². The monoisotopic (exact) mass is 921 g/mol. The van der Waals surface area contributed by atoms with Crippen LogP contribution in [0.2, 0.25) is 0 Å². The summed E-state index contributed by atoms with van der Waals surface area (Å²) in [6.07, 6.45) is 3.49. The maximum atomic E-state index is 13.8. The van der Waals surface area contributed by atoms with Gasteiger partial charge in [0.15, 0.2) is 5.96 Å². The number of aromatic nitrogens is 2. The highest BCUT2D eigenvalue weighted by Gasteiger charge is 2.39. The minimum atomic E-state index is -1.76. The lowest BCUT2D eigenvalue weighted by atomic mass is 10.0. The van der Waals surface area contributed by atoms with Gasteiger partial charge in [-0.15, -0.1) is 0 Å². The molecule has 27 heteroatoms. The van der Waals surface area contributed by atoms with Crippen LogP contribution in [0.1, 0.15) is 70.9 Å². The van der Waals surface area contributed by atoms with E-state index < -0.39 is 121 Å². The van der Waals surface area contributed by atoms with Crippen LogP contribution in [0.5, 0.6) is 0 Å². The number of nitrogens with zero attached hydrogens (tertiary/aromatic N) is 2. The molecule has 362 valence electrons. The van der Waals surface area contributed by atoms with Gasteiger partial charge in [0.25, 0.3) is 0 Å². The van der Waals surface area contributed by atoms with Crippen LogP contribution in [-0.2, 0) is 54.4 Å². The molecule has 1 aliphatic heterocycles. The average molecular weight is 922 g/mol. The molecule has 1 fully saturated rings. The molecule has 1 aliphatic rings. The number of nitrogens with two attached hydrogens (primary N) is 3. The number of hydrogen-bond acceptors (Lipinski definition) is 14. The van der Waals surface area contributed by atoms with Crippen LogP contribution in [0, 0.1) is 11.3 Å². The van der Waals surface area contributed by atoms with Gasteiger partial charge in [-0.3, -0.25) is 48.6 Å². The fraction of sp³-hybridized carbons (Fsp3) is 0.632. The van der Waals surface area contributed by atoms with Crippen LogP contribution < -0.4 is 59.7 Å². The molecule has 1 aromatic rings. The third-order valence-electron chi connectivity index (χ3n) is 9.95. The van der Waals surface area contributed by atoms with Crippen molar-refractivity contribution >= 4 is 65.2 Å². The third-order valence-corrected chi connectivity index (χ3v) is 9.95. The van der Waals surface area contributed by atoms with Gasteiger partial charge in [0.2, 0.25) is 47.3 Å². The number of guanidine groups is 1. The third kappa shape index (κ3) is 19.6. The summed E-state index contributed by atoms with van der Waals surface area (Å²) in [6.45, 7) is 2.07. The summed E-state index contributed by atoms with van der Waals surface area (Å²) in [6, 6.07) is -8.06. The summed E-state index contributed by atoms with van der Waals surface area (Å²) in [5, 5.41) is 45.9. The quantitative estimate of drug-likeness (QED) is 0.0202. The van der Waals surface area contributed by atoms with E-state index in [4.69, 9.17) is 22.6 Å². The lowest BCUT2D eigenvalue weighted by molar-refractivity contribution is -0.142. The van der Waals surface area contributed by atoms with Crippen LogP contribution in [0.4, 0.5) is 0 Å². The molecule has 0 spiro atoms. The summed E-state index contributed by atoms with van der Waals surface area (Å²) in [5.74, 6) is -10.3. The molecule has 18 N–H and O–H groups in total. The Kier molecular flexibility index (Phi) is 23.4. The lowest BCUT2D eigenvalue weighted by Gasteiger charge is -2.29. The summed E-state index contributed by atoms with van der Waals surface area (Å²) >= 11 is 0. The van der Waals surface area contributed by atoms with Gasteiger partial charge in [-0.25, -0.2) is 9.78 Å². The first-order valence-corrected chi connectivity index (χ1v) is 21.0. The first-order chi connectivity index (χ1) is 30.8. The Hall–Kier alpha value is -6.90. The van der Waals surface area contributed by atoms with Crippen molar-refractivity contribution in [1.82, 2.24) is 57.4 Å². The Bertz CT molecular complexity index is 1830. The molecule has 1 saturated heterocycles. The van der Waals surface area contributed by atoms with E-state index in [0.29, 0.717) is 25.0 Å². The smallest absolute Gasteiger partial charge is 0.326 e. The molecular formula is C38H63N15O12. The standard InChI is InChI=1S/C38H63N15O12/c1-20(2)31(35(62)50-22(7-3-4-10-39)32(59)51-23(37(64)65)8-5-11-44-38(41)42)52-33(60)24(14-30(57)58)48-29(56)18-46-34(61)26-9-6-12-53(26)36(63)25(13-21-16-43-19-47-21)49-28(55)17-45-27(54)15-40/h16,19-20,22-26,31H,3-15,17-18,39-40H2,1-2H3,(H,43,47)(H,45,54)(H,46,61)(H,48,56)(H,49,55)(H,50,62)(H,51,59)(H,52,60)(H,57,58)(H,64,65)(H4,41,42,44)/t22-,23-,24-,25-,26-,31-/m0/s1. The van der Waals surface area contributed by atoms with Gasteiger partial charge in [0, 0.05) is 25.7 Å². The lowest BCUT2D eigenvalue weighted by Crippen LogP contribution is -2.59. The molecule has 27 nitrogen and oxygen atoms in total. The molecule has 0 bridgehead atoms. The van der Waals surface area contributed by atoms with E-state index in [1.54, 1.807) is 13.8 Å². The Balaban J connectivity index is 2.13. The van der Waals surface area contributed by atoms with Crippen molar-refractivity contribution in [3.05, 3.63) is 18.2 Å².